The zero-order chi connectivity index (χ0) is 22.6. The Hall–Kier alpha value is -3.51. The molecular formula is C27H29N3O3. The van der Waals surface area contributed by atoms with Gasteiger partial charge >= 0.3 is 0 Å². The van der Waals surface area contributed by atoms with Crippen molar-refractivity contribution in [1.29, 1.82) is 0 Å². The van der Waals surface area contributed by atoms with Crippen molar-refractivity contribution in [2.75, 3.05) is 6.61 Å². The van der Waals surface area contributed by atoms with E-state index in [1.165, 1.54) is 0 Å². The van der Waals surface area contributed by atoms with Gasteiger partial charge in [-0.15, -0.1) is 0 Å². The Morgan fingerprint density at radius 3 is 2.58 bits per heavy atom. The average molecular weight is 444 g/mol. The maximum Gasteiger partial charge on any atom is 0.228 e. The van der Waals surface area contributed by atoms with Crippen LogP contribution in [0.15, 0.2) is 66.9 Å². The van der Waals surface area contributed by atoms with Crippen molar-refractivity contribution in [2.45, 2.75) is 44.6 Å². The fourth-order valence-corrected chi connectivity index (χ4v) is 4.56. The van der Waals surface area contributed by atoms with Crippen LogP contribution in [-0.4, -0.2) is 33.4 Å². The van der Waals surface area contributed by atoms with Crippen LogP contribution in [0.5, 0.6) is 11.6 Å². The van der Waals surface area contributed by atoms with E-state index in [9.17, 15) is 4.79 Å². The lowest BCUT2D eigenvalue weighted by Crippen LogP contribution is -2.21. The molecule has 0 amide bonds. The Kier molecular flexibility index (Phi) is 6.17. The number of rotatable bonds is 7. The number of ketones is 1. The van der Waals surface area contributed by atoms with Crippen molar-refractivity contribution in [3.05, 3.63) is 83.8 Å². The van der Waals surface area contributed by atoms with Gasteiger partial charge in [0.15, 0.2) is 5.82 Å². The number of benzene rings is 2. The van der Waals surface area contributed by atoms with Gasteiger partial charge < -0.3 is 14.5 Å². The van der Waals surface area contributed by atoms with E-state index >= 15 is 0 Å². The average Bonchev–Trinajstić information content (AvgIpc) is 3.30. The molecule has 170 valence electrons. The molecular weight excluding hydrogens is 414 g/mol. The summed E-state index contributed by atoms with van der Waals surface area (Å²) in [6.45, 7) is 2.82. The molecule has 0 atom stereocenters. The minimum absolute atomic E-state index is 0. The Morgan fingerprint density at radius 2 is 1.82 bits per heavy atom. The molecule has 0 saturated heterocycles. The zero-order valence-corrected chi connectivity index (χ0v) is 18.7. The zero-order valence-electron chi connectivity index (χ0n) is 18.7. The lowest BCUT2D eigenvalue weighted by molar-refractivity contribution is 0.0326. The summed E-state index contributed by atoms with van der Waals surface area (Å²) in [6.07, 6.45) is 6.38. The van der Waals surface area contributed by atoms with Gasteiger partial charge in [0, 0.05) is 25.4 Å². The van der Waals surface area contributed by atoms with Gasteiger partial charge in [0.1, 0.15) is 5.75 Å². The number of carbonyl (C=O) groups is 1. The number of imidazole rings is 1. The van der Waals surface area contributed by atoms with Crippen molar-refractivity contribution < 1.29 is 15.7 Å². The van der Waals surface area contributed by atoms with Crippen LogP contribution in [0.3, 0.4) is 0 Å². The van der Waals surface area contributed by atoms with Crippen molar-refractivity contribution in [1.82, 2.24) is 15.0 Å². The fourth-order valence-electron chi connectivity index (χ4n) is 4.56. The number of H-pyrrole nitrogens is 1. The van der Waals surface area contributed by atoms with E-state index in [4.69, 9.17) is 9.47 Å². The number of nitrogens with one attached hydrogen (secondary N) is 1. The van der Waals surface area contributed by atoms with Crippen LogP contribution < -0.4 is 4.74 Å². The number of nitrogens with zero attached hydrogens (tertiary/aromatic N) is 2. The van der Waals surface area contributed by atoms with Gasteiger partial charge in [0.25, 0.3) is 0 Å². The number of hydrogen-bond donors (Lipinski definition) is 1. The Labute approximate surface area is 194 Å². The normalized spacial score (nSPS) is 18.3. The van der Waals surface area contributed by atoms with Gasteiger partial charge in [0.05, 0.1) is 17.1 Å². The molecule has 0 unspecified atom stereocenters. The Balaban J connectivity index is 0.00000274. The molecule has 0 bridgehead atoms. The summed E-state index contributed by atoms with van der Waals surface area (Å²) in [5.74, 6) is 1.88. The fraction of sp³-hybridized carbons (Fsp3) is 0.296. The first-order valence-electron chi connectivity index (χ1n) is 11.5. The number of carbonyl (C=O) groups excluding carboxylic acids is 1. The summed E-state index contributed by atoms with van der Waals surface area (Å²) in [5, 5.41) is 0. The van der Waals surface area contributed by atoms with Gasteiger partial charge in [-0.2, -0.15) is 0 Å². The van der Waals surface area contributed by atoms with E-state index in [-0.39, 0.29) is 7.21 Å². The first kappa shape index (κ1) is 21.3. The van der Waals surface area contributed by atoms with E-state index in [1.807, 2.05) is 30.3 Å². The molecule has 0 aliphatic heterocycles. The SMILES string of the molecule is CCOC1CCC(c2cccnc2Oc2ccc(C(=O)c3nc4ccccc4[nH]3)cc2)CC1.[HH]. The van der Waals surface area contributed by atoms with Gasteiger partial charge in [-0.25, -0.2) is 9.97 Å². The van der Waals surface area contributed by atoms with Crippen LogP contribution in [0.4, 0.5) is 0 Å². The third-order valence-corrected chi connectivity index (χ3v) is 6.25. The third kappa shape index (κ3) is 4.66. The first-order valence-corrected chi connectivity index (χ1v) is 11.5. The molecule has 1 aliphatic rings. The highest BCUT2D eigenvalue weighted by atomic mass is 16.5. The molecule has 6 nitrogen and oxygen atoms in total. The molecule has 2 aromatic carbocycles. The van der Waals surface area contributed by atoms with E-state index in [0.29, 0.717) is 35.0 Å². The summed E-state index contributed by atoms with van der Waals surface area (Å²) in [5.41, 5.74) is 3.31. The molecule has 1 N–H and O–H groups in total. The monoisotopic (exact) mass is 443 g/mol. The summed E-state index contributed by atoms with van der Waals surface area (Å²) >= 11 is 0. The number of ether oxygens (including phenoxy) is 2. The van der Waals surface area contributed by atoms with Crippen LogP contribution in [0.25, 0.3) is 11.0 Å². The molecule has 1 fully saturated rings. The van der Waals surface area contributed by atoms with Crippen molar-refractivity contribution in [3.8, 4) is 11.6 Å². The number of pyridine rings is 1. The van der Waals surface area contributed by atoms with Crippen LogP contribution in [-0.2, 0) is 4.74 Å². The minimum atomic E-state index is -0.151. The Bertz CT molecular complexity index is 1210. The topological polar surface area (TPSA) is 77.1 Å². The molecule has 0 radical (unpaired) electrons. The third-order valence-electron chi connectivity index (χ3n) is 6.25. The quantitative estimate of drug-likeness (QED) is 0.340. The van der Waals surface area contributed by atoms with Crippen LogP contribution >= 0.6 is 0 Å². The number of fused-ring (bicyclic) bond motifs is 1. The van der Waals surface area contributed by atoms with Crippen LogP contribution in [0, 0.1) is 0 Å². The largest absolute Gasteiger partial charge is 0.439 e. The second-order valence-corrected chi connectivity index (χ2v) is 8.38. The minimum Gasteiger partial charge on any atom is -0.439 e. The highest BCUT2D eigenvalue weighted by molar-refractivity contribution is 6.08. The molecule has 2 heterocycles. The molecule has 4 aromatic rings. The van der Waals surface area contributed by atoms with E-state index in [2.05, 4.69) is 27.9 Å². The van der Waals surface area contributed by atoms with Crippen LogP contribution in [0.2, 0.25) is 0 Å². The summed E-state index contributed by atoms with van der Waals surface area (Å²) in [6, 6.07) is 18.8. The van der Waals surface area contributed by atoms with Gasteiger partial charge in [-0.05, 0) is 81.0 Å². The van der Waals surface area contributed by atoms with Crippen LogP contribution in [0.1, 0.15) is 61.7 Å². The number of hydrogen-bond acceptors (Lipinski definition) is 5. The number of para-hydroxylation sites is 2. The number of aromatic nitrogens is 3. The molecule has 1 saturated carbocycles. The molecule has 5 rings (SSSR count). The molecule has 0 spiro atoms. The highest BCUT2D eigenvalue weighted by Gasteiger charge is 2.25. The molecule has 33 heavy (non-hydrogen) atoms. The lowest BCUT2D eigenvalue weighted by Gasteiger charge is -2.29. The summed E-state index contributed by atoms with van der Waals surface area (Å²) < 4.78 is 11.9. The van der Waals surface area contributed by atoms with Crippen molar-refractivity contribution in [3.63, 3.8) is 0 Å². The van der Waals surface area contributed by atoms with Gasteiger partial charge in [-0.1, -0.05) is 18.2 Å². The van der Waals surface area contributed by atoms with Gasteiger partial charge in [-0.3, -0.25) is 4.79 Å². The predicted molar refractivity (Wildman–Crippen MR) is 129 cm³/mol. The van der Waals surface area contributed by atoms with E-state index in [0.717, 1.165) is 48.9 Å². The van der Waals surface area contributed by atoms with Gasteiger partial charge in [0.2, 0.25) is 11.7 Å². The number of aromatic amines is 1. The molecule has 2 aromatic heterocycles. The van der Waals surface area contributed by atoms with E-state index in [1.54, 1.807) is 30.5 Å². The predicted octanol–water partition coefficient (Wildman–Crippen LogP) is 6.29. The first-order chi connectivity index (χ1) is 16.2. The second kappa shape index (κ2) is 9.55. The lowest BCUT2D eigenvalue weighted by atomic mass is 9.83. The second-order valence-electron chi connectivity index (χ2n) is 8.38. The smallest absolute Gasteiger partial charge is 0.228 e. The maximum atomic E-state index is 12.9. The molecule has 1 aliphatic carbocycles. The van der Waals surface area contributed by atoms with E-state index < -0.39 is 0 Å². The molecule has 6 heteroatoms. The highest BCUT2D eigenvalue weighted by Crippen LogP contribution is 2.38. The maximum absolute atomic E-state index is 12.9. The summed E-state index contributed by atoms with van der Waals surface area (Å²) in [7, 11) is 0. The standard InChI is InChI=1S/C27H27N3O3.H2/c1-2-32-20-13-9-18(10-14-20)22-6-5-17-28-27(22)33-21-15-11-19(12-16-21)25(31)26-29-23-7-3-4-8-24(23)30-26;/h3-8,11-12,15-18,20H,2,9-10,13-14H2,1H3,(H,29,30);1H. The van der Waals surface area contributed by atoms with Crippen molar-refractivity contribution >= 4 is 16.8 Å². The summed E-state index contributed by atoms with van der Waals surface area (Å²) in [4.78, 5) is 24.9. The van der Waals surface area contributed by atoms with Crippen molar-refractivity contribution in [2.24, 2.45) is 0 Å². The Morgan fingerprint density at radius 1 is 1.03 bits per heavy atom.